The van der Waals surface area contributed by atoms with Crippen molar-refractivity contribution in [2.75, 3.05) is 5.32 Å². The minimum Gasteiger partial charge on any atom is -0.346 e. The maximum atomic E-state index is 8.56. The van der Waals surface area contributed by atoms with Gasteiger partial charge in [-0.2, -0.15) is 5.26 Å². The summed E-state index contributed by atoms with van der Waals surface area (Å²) in [6.07, 6.45) is 9.76. The van der Waals surface area contributed by atoms with E-state index in [1.54, 1.807) is 6.08 Å². The summed E-state index contributed by atoms with van der Waals surface area (Å²) in [4.78, 5) is 16.0. The fraction of sp³-hybridized carbons (Fsp3) is 0.176. The summed E-state index contributed by atoms with van der Waals surface area (Å²) in [6, 6.07) is 8.01. The third-order valence-corrected chi connectivity index (χ3v) is 4.04. The van der Waals surface area contributed by atoms with Gasteiger partial charge in [-0.15, -0.1) is 0 Å². The van der Waals surface area contributed by atoms with E-state index in [2.05, 4.69) is 25.3 Å². The Hall–Kier alpha value is -3.20. The molecule has 6 heteroatoms. The number of nitrogens with zero attached hydrogens (tertiary/aromatic N) is 4. The first-order valence-corrected chi connectivity index (χ1v) is 7.42. The third kappa shape index (κ3) is 2.64. The molecule has 1 aliphatic rings. The Bertz CT molecular complexity index is 903. The summed E-state index contributed by atoms with van der Waals surface area (Å²) in [5.41, 5.74) is 2.76. The summed E-state index contributed by atoms with van der Waals surface area (Å²) >= 11 is 0. The van der Waals surface area contributed by atoms with Crippen LogP contribution in [0.5, 0.6) is 0 Å². The Labute approximate surface area is 132 Å². The van der Waals surface area contributed by atoms with Crippen LogP contribution in [0.3, 0.4) is 0 Å². The van der Waals surface area contributed by atoms with Gasteiger partial charge in [0.25, 0.3) is 0 Å². The predicted molar refractivity (Wildman–Crippen MR) is 87.0 cm³/mol. The van der Waals surface area contributed by atoms with Gasteiger partial charge in [0.2, 0.25) is 0 Å². The molecule has 0 radical (unpaired) electrons. The highest BCUT2D eigenvalue weighted by Gasteiger charge is 2.37. The molecule has 4 rings (SSSR count). The van der Waals surface area contributed by atoms with Crippen LogP contribution in [-0.4, -0.2) is 19.9 Å². The molecule has 0 spiro atoms. The number of rotatable bonds is 4. The summed E-state index contributed by atoms with van der Waals surface area (Å²) in [5.74, 6) is 1.64. The van der Waals surface area contributed by atoms with Crippen molar-refractivity contribution in [2.45, 2.75) is 12.3 Å². The topological polar surface area (TPSA) is 90.3 Å². The van der Waals surface area contributed by atoms with Gasteiger partial charge in [-0.05, 0) is 30.5 Å². The molecular weight excluding hydrogens is 288 g/mol. The molecule has 0 aromatic carbocycles. The number of anilines is 2. The standard InChI is InChI=1S/C17H14N6/c18-6-1-2-11-8-14(11)15-4-3-12(9-20-15)23-17-13-5-7-19-16(13)21-10-22-17/h1-5,7,9-11,14H,8H2,(H2,19,21,22,23). The first-order valence-electron chi connectivity index (χ1n) is 7.42. The van der Waals surface area contributed by atoms with E-state index in [-0.39, 0.29) is 0 Å². The second-order valence-electron chi connectivity index (χ2n) is 5.55. The monoisotopic (exact) mass is 302 g/mol. The number of aromatic amines is 1. The van der Waals surface area contributed by atoms with Crippen LogP contribution in [0.2, 0.25) is 0 Å². The van der Waals surface area contributed by atoms with Gasteiger partial charge >= 0.3 is 0 Å². The fourth-order valence-electron chi connectivity index (χ4n) is 2.74. The van der Waals surface area contributed by atoms with Gasteiger partial charge in [-0.1, -0.05) is 6.08 Å². The van der Waals surface area contributed by atoms with Gasteiger partial charge < -0.3 is 10.3 Å². The lowest BCUT2D eigenvalue weighted by molar-refractivity contribution is 0.955. The molecule has 0 bridgehead atoms. The number of allylic oxidation sites excluding steroid dienone is 2. The van der Waals surface area contributed by atoms with Crippen LogP contribution >= 0.6 is 0 Å². The van der Waals surface area contributed by atoms with E-state index >= 15 is 0 Å². The zero-order chi connectivity index (χ0) is 15.6. The molecule has 0 saturated heterocycles. The van der Waals surface area contributed by atoms with Gasteiger partial charge in [-0.25, -0.2) is 9.97 Å². The van der Waals surface area contributed by atoms with E-state index in [9.17, 15) is 0 Å². The Balaban J connectivity index is 1.50. The molecule has 1 fully saturated rings. The van der Waals surface area contributed by atoms with Crippen LogP contribution in [0.1, 0.15) is 18.0 Å². The highest BCUT2D eigenvalue weighted by molar-refractivity contribution is 5.88. The van der Waals surface area contributed by atoms with Gasteiger partial charge in [0.1, 0.15) is 17.8 Å². The van der Waals surface area contributed by atoms with Gasteiger partial charge in [0.05, 0.1) is 23.3 Å². The maximum Gasteiger partial charge on any atom is 0.143 e. The minimum absolute atomic E-state index is 0.434. The van der Waals surface area contributed by atoms with Crippen molar-refractivity contribution in [1.82, 2.24) is 19.9 Å². The minimum atomic E-state index is 0.434. The Morgan fingerprint density at radius 2 is 2.22 bits per heavy atom. The van der Waals surface area contributed by atoms with Crippen molar-refractivity contribution in [3.8, 4) is 6.07 Å². The van der Waals surface area contributed by atoms with Crippen LogP contribution in [0, 0.1) is 17.2 Å². The van der Waals surface area contributed by atoms with Gasteiger partial charge in [0, 0.05) is 23.9 Å². The van der Waals surface area contributed by atoms with E-state index in [4.69, 9.17) is 5.26 Å². The van der Waals surface area contributed by atoms with E-state index in [0.717, 1.165) is 34.7 Å². The van der Waals surface area contributed by atoms with Crippen LogP contribution < -0.4 is 5.32 Å². The molecule has 0 aliphatic heterocycles. The molecule has 6 nitrogen and oxygen atoms in total. The van der Waals surface area contributed by atoms with E-state index in [0.29, 0.717) is 11.8 Å². The van der Waals surface area contributed by atoms with Crippen molar-refractivity contribution in [3.05, 3.63) is 54.8 Å². The molecule has 2 atom stereocenters. The molecule has 3 heterocycles. The average Bonchev–Trinajstić information content (AvgIpc) is 3.19. The highest BCUT2D eigenvalue weighted by atomic mass is 15.0. The van der Waals surface area contributed by atoms with Crippen molar-refractivity contribution in [2.24, 2.45) is 5.92 Å². The van der Waals surface area contributed by atoms with Crippen LogP contribution in [0.25, 0.3) is 11.0 Å². The number of H-pyrrole nitrogens is 1. The van der Waals surface area contributed by atoms with Crippen LogP contribution in [0.15, 0.2) is 49.1 Å². The molecule has 1 saturated carbocycles. The Morgan fingerprint density at radius 1 is 1.26 bits per heavy atom. The average molecular weight is 302 g/mol. The zero-order valence-electron chi connectivity index (χ0n) is 12.3. The first-order chi connectivity index (χ1) is 11.3. The van der Waals surface area contributed by atoms with E-state index in [1.165, 1.54) is 6.33 Å². The van der Waals surface area contributed by atoms with Crippen LogP contribution in [0.4, 0.5) is 11.5 Å². The molecule has 3 aromatic rings. The molecule has 112 valence electrons. The summed E-state index contributed by atoms with van der Waals surface area (Å²) in [7, 11) is 0. The SMILES string of the molecule is N#CC=CC1CC1c1ccc(Nc2ncnc3[nH]ccc23)cn1. The third-order valence-electron chi connectivity index (χ3n) is 4.04. The molecule has 3 aromatic heterocycles. The Morgan fingerprint density at radius 3 is 3.04 bits per heavy atom. The van der Waals surface area contributed by atoms with Crippen molar-refractivity contribution in [3.63, 3.8) is 0 Å². The molecular formula is C17H14N6. The first kappa shape index (κ1) is 13.5. The molecule has 2 N–H and O–H groups in total. The van der Waals surface area contributed by atoms with Gasteiger partial charge in [-0.3, -0.25) is 4.98 Å². The molecule has 0 amide bonds. The number of pyridine rings is 1. The fourth-order valence-corrected chi connectivity index (χ4v) is 2.74. The van der Waals surface area contributed by atoms with E-state index < -0.39 is 0 Å². The second-order valence-corrected chi connectivity index (χ2v) is 5.55. The number of hydrogen-bond acceptors (Lipinski definition) is 5. The van der Waals surface area contributed by atoms with E-state index in [1.807, 2.05) is 42.7 Å². The van der Waals surface area contributed by atoms with Gasteiger partial charge in [0.15, 0.2) is 0 Å². The molecule has 2 unspecified atom stereocenters. The van der Waals surface area contributed by atoms with Crippen molar-refractivity contribution in [1.29, 1.82) is 5.26 Å². The molecule has 23 heavy (non-hydrogen) atoms. The van der Waals surface area contributed by atoms with Crippen molar-refractivity contribution < 1.29 is 0 Å². The smallest absolute Gasteiger partial charge is 0.143 e. The zero-order valence-corrected chi connectivity index (χ0v) is 12.3. The number of aromatic nitrogens is 4. The number of hydrogen-bond donors (Lipinski definition) is 2. The lowest BCUT2D eigenvalue weighted by Gasteiger charge is -2.06. The highest BCUT2D eigenvalue weighted by Crippen LogP contribution is 2.47. The summed E-state index contributed by atoms with van der Waals surface area (Å²) in [5, 5.41) is 12.8. The molecule has 1 aliphatic carbocycles. The Kier molecular flexibility index (Phi) is 3.24. The van der Waals surface area contributed by atoms with Crippen molar-refractivity contribution >= 4 is 22.5 Å². The quantitative estimate of drug-likeness (QED) is 0.722. The summed E-state index contributed by atoms with van der Waals surface area (Å²) in [6.45, 7) is 0. The predicted octanol–water partition coefficient (Wildman–Crippen LogP) is 3.28. The maximum absolute atomic E-state index is 8.56. The number of nitriles is 1. The lowest BCUT2D eigenvalue weighted by atomic mass is 10.2. The lowest BCUT2D eigenvalue weighted by Crippen LogP contribution is -1.97. The largest absolute Gasteiger partial charge is 0.346 e. The summed E-state index contributed by atoms with van der Waals surface area (Å²) < 4.78 is 0. The van der Waals surface area contributed by atoms with Crippen LogP contribution in [-0.2, 0) is 0 Å². The normalized spacial score (nSPS) is 19.8. The number of fused-ring (bicyclic) bond motifs is 1. The number of nitrogens with one attached hydrogen (secondary N) is 2. The second kappa shape index (κ2) is 5.54.